The molecule has 4 nitrogen and oxygen atoms in total. The second kappa shape index (κ2) is 6.81. The molecule has 2 aromatic carbocycles. The van der Waals surface area contributed by atoms with Gasteiger partial charge in [0, 0.05) is 19.5 Å². The SMILES string of the molecule is COc1ccc(C(O)CNCc2ccc3c(c2)CCO3)cc1. The fourth-order valence-corrected chi connectivity index (χ4v) is 2.65. The molecule has 116 valence electrons. The molecule has 1 heterocycles. The zero-order valence-corrected chi connectivity index (χ0v) is 12.7. The Hall–Kier alpha value is -2.04. The first kappa shape index (κ1) is 14.9. The summed E-state index contributed by atoms with van der Waals surface area (Å²) in [5.41, 5.74) is 3.37. The van der Waals surface area contributed by atoms with Gasteiger partial charge in [-0.3, -0.25) is 0 Å². The van der Waals surface area contributed by atoms with Crippen molar-refractivity contribution in [1.29, 1.82) is 0 Å². The van der Waals surface area contributed by atoms with Gasteiger partial charge in [-0.2, -0.15) is 0 Å². The van der Waals surface area contributed by atoms with E-state index in [1.165, 1.54) is 11.1 Å². The molecule has 1 aliphatic heterocycles. The lowest BCUT2D eigenvalue weighted by molar-refractivity contribution is 0.174. The van der Waals surface area contributed by atoms with E-state index in [-0.39, 0.29) is 0 Å². The van der Waals surface area contributed by atoms with Gasteiger partial charge in [0.15, 0.2) is 0 Å². The first-order chi connectivity index (χ1) is 10.8. The fraction of sp³-hybridized carbons (Fsp3) is 0.333. The highest BCUT2D eigenvalue weighted by molar-refractivity contribution is 5.39. The molecule has 3 rings (SSSR count). The number of benzene rings is 2. The summed E-state index contributed by atoms with van der Waals surface area (Å²) in [6, 6.07) is 13.8. The van der Waals surface area contributed by atoms with Gasteiger partial charge in [0.25, 0.3) is 0 Å². The Balaban J connectivity index is 1.51. The number of nitrogens with one attached hydrogen (secondary N) is 1. The molecule has 0 amide bonds. The molecule has 0 saturated heterocycles. The van der Waals surface area contributed by atoms with Crippen LogP contribution in [0.15, 0.2) is 42.5 Å². The minimum absolute atomic E-state index is 0.514. The monoisotopic (exact) mass is 299 g/mol. The number of ether oxygens (including phenoxy) is 2. The summed E-state index contributed by atoms with van der Waals surface area (Å²) in [5, 5.41) is 13.5. The molecule has 0 aliphatic carbocycles. The third-order valence-corrected chi connectivity index (χ3v) is 3.92. The van der Waals surface area contributed by atoms with Crippen molar-refractivity contribution in [2.24, 2.45) is 0 Å². The molecule has 4 heteroatoms. The number of aliphatic hydroxyl groups is 1. The van der Waals surface area contributed by atoms with Crippen LogP contribution in [-0.4, -0.2) is 25.4 Å². The summed E-state index contributed by atoms with van der Waals surface area (Å²) in [6.45, 7) is 2.03. The number of aliphatic hydroxyl groups excluding tert-OH is 1. The molecule has 0 spiro atoms. The maximum Gasteiger partial charge on any atom is 0.122 e. The van der Waals surface area contributed by atoms with Crippen molar-refractivity contribution in [2.75, 3.05) is 20.3 Å². The van der Waals surface area contributed by atoms with E-state index in [1.54, 1.807) is 7.11 Å². The first-order valence-corrected chi connectivity index (χ1v) is 7.53. The topological polar surface area (TPSA) is 50.7 Å². The van der Waals surface area contributed by atoms with Crippen molar-refractivity contribution < 1.29 is 14.6 Å². The van der Waals surface area contributed by atoms with Gasteiger partial charge in [0.05, 0.1) is 19.8 Å². The molecule has 0 radical (unpaired) electrons. The van der Waals surface area contributed by atoms with E-state index in [0.717, 1.165) is 36.6 Å². The lowest BCUT2D eigenvalue weighted by Crippen LogP contribution is -2.21. The second-order valence-electron chi connectivity index (χ2n) is 5.46. The van der Waals surface area contributed by atoms with Crippen molar-refractivity contribution in [3.63, 3.8) is 0 Å². The average molecular weight is 299 g/mol. The van der Waals surface area contributed by atoms with Crippen molar-refractivity contribution in [3.05, 3.63) is 59.2 Å². The Kier molecular flexibility index (Phi) is 4.61. The van der Waals surface area contributed by atoms with E-state index in [4.69, 9.17) is 9.47 Å². The van der Waals surface area contributed by atoms with E-state index >= 15 is 0 Å². The van der Waals surface area contributed by atoms with Crippen LogP contribution in [-0.2, 0) is 13.0 Å². The number of methoxy groups -OCH3 is 1. The largest absolute Gasteiger partial charge is 0.497 e. The summed E-state index contributed by atoms with van der Waals surface area (Å²) in [6.07, 6.45) is 0.459. The van der Waals surface area contributed by atoms with E-state index in [2.05, 4.69) is 17.4 Å². The molecule has 1 aliphatic rings. The summed E-state index contributed by atoms with van der Waals surface area (Å²) < 4.78 is 10.6. The number of fused-ring (bicyclic) bond motifs is 1. The third kappa shape index (κ3) is 3.40. The molecule has 1 unspecified atom stereocenters. The van der Waals surface area contributed by atoms with Gasteiger partial charge in [-0.05, 0) is 34.9 Å². The Morgan fingerprint density at radius 2 is 2.05 bits per heavy atom. The number of rotatable bonds is 6. The van der Waals surface area contributed by atoms with E-state index in [0.29, 0.717) is 6.54 Å². The van der Waals surface area contributed by atoms with Crippen molar-refractivity contribution in [3.8, 4) is 11.5 Å². The smallest absolute Gasteiger partial charge is 0.122 e. The van der Waals surface area contributed by atoms with Crippen LogP contribution in [0.25, 0.3) is 0 Å². The molecule has 0 fully saturated rings. The molecular formula is C18H21NO3. The predicted octanol–water partition coefficient (Wildman–Crippen LogP) is 2.45. The lowest BCUT2D eigenvalue weighted by Gasteiger charge is -2.13. The van der Waals surface area contributed by atoms with Gasteiger partial charge in [-0.1, -0.05) is 24.3 Å². The Labute approximate surface area is 130 Å². The van der Waals surface area contributed by atoms with Crippen LogP contribution in [0, 0.1) is 0 Å². The third-order valence-electron chi connectivity index (χ3n) is 3.92. The van der Waals surface area contributed by atoms with Gasteiger partial charge < -0.3 is 19.9 Å². The Morgan fingerprint density at radius 1 is 1.23 bits per heavy atom. The lowest BCUT2D eigenvalue weighted by atomic mass is 10.1. The van der Waals surface area contributed by atoms with Gasteiger partial charge in [0.2, 0.25) is 0 Å². The van der Waals surface area contributed by atoms with Crippen LogP contribution in [0.1, 0.15) is 22.8 Å². The quantitative estimate of drug-likeness (QED) is 0.860. The van der Waals surface area contributed by atoms with Crippen LogP contribution >= 0.6 is 0 Å². The highest BCUT2D eigenvalue weighted by Crippen LogP contribution is 2.25. The minimum atomic E-state index is -0.524. The molecule has 0 bridgehead atoms. The average Bonchev–Trinajstić information content (AvgIpc) is 3.02. The molecule has 0 aromatic heterocycles. The maximum atomic E-state index is 10.2. The molecule has 2 N–H and O–H groups in total. The standard InChI is InChI=1S/C18H21NO3/c1-21-16-5-3-14(4-6-16)17(20)12-19-11-13-2-7-18-15(10-13)8-9-22-18/h2-7,10,17,19-20H,8-9,11-12H2,1H3. The van der Waals surface area contributed by atoms with Gasteiger partial charge in [-0.25, -0.2) is 0 Å². The number of hydrogen-bond acceptors (Lipinski definition) is 4. The summed E-state index contributed by atoms with van der Waals surface area (Å²) in [5.74, 6) is 1.80. The van der Waals surface area contributed by atoms with E-state index < -0.39 is 6.10 Å². The number of hydrogen-bond donors (Lipinski definition) is 2. The molecule has 0 saturated carbocycles. The van der Waals surface area contributed by atoms with E-state index in [1.807, 2.05) is 30.3 Å². The summed E-state index contributed by atoms with van der Waals surface area (Å²) in [7, 11) is 1.63. The second-order valence-corrected chi connectivity index (χ2v) is 5.46. The van der Waals surface area contributed by atoms with Crippen LogP contribution in [0.4, 0.5) is 0 Å². The summed E-state index contributed by atoms with van der Waals surface area (Å²) >= 11 is 0. The van der Waals surface area contributed by atoms with Crippen molar-refractivity contribution in [1.82, 2.24) is 5.32 Å². The molecule has 2 aromatic rings. The highest BCUT2D eigenvalue weighted by Gasteiger charge is 2.12. The zero-order chi connectivity index (χ0) is 15.4. The van der Waals surface area contributed by atoms with Crippen LogP contribution in [0.2, 0.25) is 0 Å². The predicted molar refractivity (Wildman–Crippen MR) is 85.3 cm³/mol. The van der Waals surface area contributed by atoms with Gasteiger partial charge >= 0.3 is 0 Å². The van der Waals surface area contributed by atoms with Crippen molar-refractivity contribution in [2.45, 2.75) is 19.1 Å². The minimum Gasteiger partial charge on any atom is -0.497 e. The van der Waals surface area contributed by atoms with Gasteiger partial charge in [0.1, 0.15) is 11.5 Å². The van der Waals surface area contributed by atoms with Crippen LogP contribution in [0.3, 0.4) is 0 Å². The summed E-state index contributed by atoms with van der Waals surface area (Å²) in [4.78, 5) is 0. The first-order valence-electron chi connectivity index (χ1n) is 7.53. The maximum absolute atomic E-state index is 10.2. The molecule has 1 atom stereocenters. The van der Waals surface area contributed by atoms with E-state index in [9.17, 15) is 5.11 Å². The zero-order valence-electron chi connectivity index (χ0n) is 12.7. The fourth-order valence-electron chi connectivity index (χ4n) is 2.65. The van der Waals surface area contributed by atoms with Crippen molar-refractivity contribution >= 4 is 0 Å². The molecular weight excluding hydrogens is 278 g/mol. The van der Waals surface area contributed by atoms with Crippen LogP contribution < -0.4 is 14.8 Å². The Bertz CT molecular complexity index is 625. The Morgan fingerprint density at radius 3 is 2.82 bits per heavy atom. The van der Waals surface area contributed by atoms with Gasteiger partial charge in [-0.15, -0.1) is 0 Å². The normalized spacial score (nSPS) is 14.3. The van der Waals surface area contributed by atoms with Crippen LogP contribution in [0.5, 0.6) is 11.5 Å². The highest BCUT2D eigenvalue weighted by atomic mass is 16.5. The molecule has 22 heavy (non-hydrogen) atoms.